The van der Waals surface area contributed by atoms with Crippen LogP contribution in [0.25, 0.3) is 10.3 Å². The molecule has 22 heavy (non-hydrogen) atoms. The SMILES string of the molecule is Cc1cc(C2CCCN2C(=O)c2nc3cccnc3s2)no1. The Hall–Kier alpha value is -2.28. The lowest BCUT2D eigenvalue weighted by atomic mass is 10.1. The van der Waals surface area contributed by atoms with Crippen molar-refractivity contribution >= 4 is 27.6 Å². The van der Waals surface area contributed by atoms with E-state index in [1.165, 1.54) is 11.3 Å². The molecule has 1 atom stereocenters. The van der Waals surface area contributed by atoms with Gasteiger partial charge in [-0.1, -0.05) is 16.5 Å². The van der Waals surface area contributed by atoms with Crippen LogP contribution in [0.3, 0.4) is 0 Å². The Labute approximate surface area is 130 Å². The van der Waals surface area contributed by atoms with E-state index in [1.54, 1.807) is 6.20 Å². The molecule has 0 spiro atoms. The second-order valence-corrected chi connectivity index (χ2v) is 6.34. The average Bonchev–Trinajstić information content (AvgIpc) is 3.24. The van der Waals surface area contributed by atoms with Gasteiger partial charge in [0.1, 0.15) is 21.8 Å². The molecule has 1 amide bonds. The molecule has 3 aromatic heterocycles. The zero-order valence-electron chi connectivity index (χ0n) is 12.0. The number of carbonyl (C=O) groups is 1. The number of amides is 1. The van der Waals surface area contributed by atoms with Gasteiger partial charge in [-0.15, -0.1) is 0 Å². The monoisotopic (exact) mass is 314 g/mol. The summed E-state index contributed by atoms with van der Waals surface area (Å²) in [5, 5.41) is 4.56. The van der Waals surface area contributed by atoms with Gasteiger partial charge in [0.05, 0.1) is 6.04 Å². The van der Waals surface area contributed by atoms with E-state index in [0.29, 0.717) is 5.01 Å². The maximum absolute atomic E-state index is 12.8. The zero-order chi connectivity index (χ0) is 15.1. The molecule has 7 heteroatoms. The molecule has 1 saturated heterocycles. The third kappa shape index (κ3) is 2.18. The number of aromatic nitrogens is 3. The van der Waals surface area contributed by atoms with Crippen molar-refractivity contribution in [2.75, 3.05) is 6.54 Å². The van der Waals surface area contributed by atoms with Crippen LogP contribution in [0.4, 0.5) is 0 Å². The Morgan fingerprint density at radius 3 is 3.18 bits per heavy atom. The fourth-order valence-electron chi connectivity index (χ4n) is 2.84. The molecular formula is C15H14N4O2S. The van der Waals surface area contributed by atoms with Crippen LogP contribution in [-0.4, -0.2) is 32.5 Å². The van der Waals surface area contributed by atoms with Crippen LogP contribution in [-0.2, 0) is 0 Å². The lowest BCUT2D eigenvalue weighted by Gasteiger charge is -2.21. The van der Waals surface area contributed by atoms with E-state index in [1.807, 2.05) is 30.0 Å². The topological polar surface area (TPSA) is 72.1 Å². The fourth-order valence-corrected chi connectivity index (χ4v) is 3.71. The van der Waals surface area contributed by atoms with Crippen molar-refractivity contribution < 1.29 is 9.32 Å². The molecule has 1 aliphatic rings. The van der Waals surface area contributed by atoms with E-state index >= 15 is 0 Å². The molecule has 6 nitrogen and oxygen atoms in total. The van der Waals surface area contributed by atoms with Crippen LogP contribution in [0.15, 0.2) is 28.9 Å². The van der Waals surface area contributed by atoms with E-state index in [4.69, 9.17) is 4.52 Å². The molecule has 1 unspecified atom stereocenters. The molecule has 0 aliphatic carbocycles. The summed E-state index contributed by atoms with van der Waals surface area (Å²) >= 11 is 1.34. The third-order valence-electron chi connectivity index (χ3n) is 3.85. The number of likely N-dealkylation sites (tertiary alicyclic amines) is 1. The molecule has 0 saturated carbocycles. The zero-order valence-corrected chi connectivity index (χ0v) is 12.8. The molecule has 4 heterocycles. The first kappa shape index (κ1) is 13.4. The highest BCUT2D eigenvalue weighted by Gasteiger charge is 2.34. The molecule has 0 bridgehead atoms. The Morgan fingerprint density at radius 1 is 1.50 bits per heavy atom. The largest absolute Gasteiger partial charge is 0.361 e. The van der Waals surface area contributed by atoms with Crippen molar-refractivity contribution in [3.05, 3.63) is 40.9 Å². The maximum Gasteiger partial charge on any atom is 0.283 e. The number of fused-ring (bicyclic) bond motifs is 1. The van der Waals surface area contributed by atoms with E-state index < -0.39 is 0 Å². The van der Waals surface area contributed by atoms with E-state index in [9.17, 15) is 4.79 Å². The van der Waals surface area contributed by atoms with Gasteiger partial charge in [0.15, 0.2) is 5.01 Å². The minimum atomic E-state index is -0.0499. The van der Waals surface area contributed by atoms with Crippen LogP contribution >= 0.6 is 11.3 Å². The molecule has 4 rings (SSSR count). The van der Waals surface area contributed by atoms with Gasteiger partial charge in [0.2, 0.25) is 0 Å². The molecule has 3 aromatic rings. The number of carbonyl (C=O) groups excluding carboxylic acids is 1. The molecule has 0 radical (unpaired) electrons. The Balaban J connectivity index is 1.66. The smallest absolute Gasteiger partial charge is 0.283 e. The summed E-state index contributed by atoms with van der Waals surface area (Å²) in [5.74, 6) is 0.713. The highest BCUT2D eigenvalue weighted by Crippen LogP contribution is 2.33. The van der Waals surface area contributed by atoms with Crippen LogP contribution in [0.5, 0.6) is 0 Å². The summed E-state index contributed by atoms with van der Waals surface area (Å²) in [7, 11) is 0. The van der Waals surface area contributed by atoms with E-state index in [-0.39, 0.29) is 11.9 Å². The Kier molecular flexibility index (Phi) is 3.15. The molecule has 1 fully saturated rings. The molecule has 0 N–H and O–H groups in total. The first-order valence-electron chi connectivity index (χ1n) is 7.18. The number of hydrogen-bond donors (Lipinski definition) is 0. The van der Waals surface area contributed by atoms with E-state index in [0.717, 1.165) is 41.2 Å². The summed E-state index contributed by atoms with van der Waals surface area (Å²) in [6, 6.07) is 5.58. The summed E-state index contributed by atoms with van der Waals surface area (Å²) in [6.07, 6.45) is 3.58. The number of rotatable bonds is 2. The normalized spacial score (nSPS) is 18.2. The van der Waals surface area contributed by atoms with Crippen molar-refractivity contribution in [1.29, 1.82) is 0 Å². The molecular weight excluding hydrogens is 300 g/mol. The number of nitrogens with zero attached hydrogens (tertiary/aromatic N) is 4. The van der Waals surface area contributed by atoms with Gasteiger partial charge < -0.3 is 9.42 Å². The first-order chi connectivity index (χ1) is 10.7. The predicted molar refractivity (Wildman–Crippen MR) is 81.7 cm³/mol. The Morgan fingerprint density at radius 2 is 2.41 bits per heavy atom. The highest BCUT2D eigenvalue weighted by atomic mass is 32.1. The number of pyridine rings is 1. The quantitative estimate of drug-likeness (QED) is 0.727. The van der Waals surface area contributed by atoms with Crippen LogP contribution in [0, 0.1) is 6.92 Å². The molecule has 0 aromatic carbocycles. The summed E-state index contributed by atoms with van der Waals surface area (Å²) in [6.45, 7) is 2.58. The summed E-state index contributed by atoms with van der Waals surface area (Å²) in [5.41, 5.74) is 1.59. The predicted octanol–water partition coefficient (Wildman–Crippen LogP) is 2.97. The molecule has 112 valence electrons. The van der Waals surface area contributed by atoms with Gasteiger partial charge in [0.25, 0.3) is 5.91 Å². The van der Waals surface area contributed by atoms with E-state index in [2.05, 4.69) is 15.1 Å². The number of hydrogen-bond acceptors (Lipinski definition) is 6. The van der Waals surface area contributed by atoms with Crippen molar-refractivity contribution in [3.8, 4) is 0 Å². The van der Waals surface area contributed by atoms with Crippen LogP contribution in [0.1, 0.15) is 40.1 Å². The van der Waals surface area contributed by atoms with Crippen molar-refractivity contribution in [1.82, 2.24) is 20.0 Å². The van der Waals surface area contributed by atoms with Crippen molar-refractivity contribution in [3.63, 3.8) is 0 Å². The van der Waals surface area contributed by atoms with Crippen molar-refractivity contribution in [2.24, 2.45) is 0 Å². The number of aryl methyl sites for hydroxylation is 1. The maximum atomic E-state index is 12.8. The second-order valence-electron chi connectivity index (χ2n) is 5.37. The highest BCUT2D eigenvalue weighted by molar-refractivity contribution is 7.19. The van der Waals surface area contributed by atoms with Crippen LogP contribution < -0.4 is 0 Å². The van der Waals surface area contributed by atoms with Gasteiger partial charge in [-0.05, 0) is 31.9 Å². The minimum absolute atomic E-state index is 0.0232. The number of thiazole rings is 1. The lowest BCUT2D eigenvalue weighted by Crippen LogP contribution is -2.30. The summed E-state index contributed by atoms with van der Waals surface area (Å²) < 4.78 is 5.15. The van der Waals surface area contributed by atoms with Gasteiger partial charge in [-0.2, -0.15) is 0 Å². The van der Waals surface area contributed by atoms with Gasteiger partial charge in [-0.25, -0.2) is 9.97 Å². The fraction of sp³-hybridized carbons (Fsp3) is 0.333. The average molecular weight is 314 g/mol. The van der Waals surface area contributed by atoms with Gasteiger partial charge in [-0.3, -0.25) is 4.79 Å². The lowest BCUT2D eigenvalue weighted by molar-refractivity contribution is 0.0730. The van der Waals surface area contributed by atoms with Gasteiger partial charge >= 0.3 is 0 Å². The van der Waals surface area contributed by atoms with Gasteiger partial charge in [0, 0.05) is 18.8 Å². The second kappa shape index (κ2) is 5.17. The first-order valence-corrected chi connectivity index (χ1v) is 8.00. The standard InChI is InChI=1S/C15H14N4O2S/c1-9-8-11(18-21-9)12-5-3-7-19(12)15(20)14-17-10-4-2-6-16-13(10)22-14/h2,4,6,8,12H,3,5,7H2,1H3. The molecule has 1 aliphatic heterocycles. The Bertz CT molecular complexity index is 808. The summed E-state index contributed by atoms with van der Waals surface area (Å²) in [4.78, 5) is 24.1. The minimum Gasteiger partial charge on any atom is -0.361 e. The third-order valence-corrected chi connectivity index (χ3v) is 4.82. The van der Waals surface area contributed by atoms with Crippen LogP contribution in [0.2, 0.25) is 0 Å². The van der Waals surface area contributed by atoms with Crippen molar-refractivity contribution in [2.45, 2.75) is 25.8 Å².